The molecule has 1 fully saturated rings. The number of carbonyl (C=O) groups excluding carboxylic acids is 1. The highest BCUT2D eigenvalue weighted by Crippen LogP contribution is 2.18. The maximum absolute atomic E-state index is 14.7. The van der Waals surface area contributed by atoms with Crippen molar-refractivity contribution < 1.29 is 9.18 Å². The van der Waals surface area contributed by atoms with Gasteiger partial charge in [0, 0.05) is 32.2 Å². The first-order chi connectivity index (χ1) is 16.2. The smallest absolute Gasteiger partial charge is 0.329 e. The van der Waals surface area contributed by atoms with Crippen molar-refractivity contribution in [3.8, 4) is 0 Å². The van der Waals surface area contributed by atoms with Gasteiger partial charge in [-0.3, -0.25) is 24.0 Å². The Morgan fingerprint density at radius 1 is 1.15 bits per heavy atom. The molecule has 178 valence electrons. The zero-order valence-corrected chi connectivity index (χ0v) is 19.7. The second-order valence-electron chi connectivity index (χ2n) is 9.05. The van der Waals surface area contributed by atoms with Crippen LogP contribution < -0.4 is 11.2 Å². The summed E-state index contributed by atoms with van der Waals surface area (Å²) in [4.78, 5) is 44.1. The minimum atomic E-state index is -0.591. The van der Waals surface area contributed by atoms with Crippen LogP contribution >= 0.6 is 0 Å². The molecule has 1 aromatic heterocycles. The molecule has 3 aromatic rings. The number of hydrogen-bond donors (Lipinski definition) is 1. The highest BCUT2D eigenvalue weighted by molar-refractivity contribution is 5.94. The van der Waals surface area contributed by atoms with Gasteiger partial charge in [-0.15, -0.1) is 0 Å². The first kappa shape index (κ1) is 23.6. The molecule has 1 N–H and O–H groups in total. The van der Waals surface area contributed by atoms with Crippen molar-refractivity contribution in [1.82, 2.24) is 19.4 Å². The minimum Gasteiger partial charge on any atom is -0.336 e. The van der Waals surface area contributed by atoms with Crippen LogP contribution in [0.15, 0.2) is 63.7 Å². The second kappa shape index (κ2) is 9.77. The van der Waals surface area contributed by atoms with Crippen LogP contribution in [0.3, 0.4) is 0 Å². The van der Waals surface area contributed by atoms with Gasteiger partial charge in [-0.1, -0.05) is 29.8 Å². The second-order valence-corrected chi connectivity index (χ2v) is 9.05. The van der Waals surface area contributed by atoms with E-state index in [9.17, 15) is 18.8 Å². The molecular weight excluding hydrogens is 435 g/mol. The van der Waals surface area contributed by atoms with Crippen LogP contribution in [-0.4, -0.2) is 57.5 Å². The first-order valence-electron chi connectivity index (χ1n) is 11.4. The molecule has 4 rings (SSSR count). The third-order valence-electron chi connectivity index (χ3n) is 6.29. The predicted octanol–water partition coefficient (Wildman–Crippen LogP) is 2.99. The predicted molar refractivity (Wildman–Crippen MR) is 131 cm³/mol. The van der Waals surface area contributed by atoms with Crippen molar-refractivity contribution in [3.63, 3.8) is 0 Å². The van der Waals surface area contributed by atoms with Gasteiger partial charge in [-0.2, -0.15) is 0 Å². The molecule has 0 aliphatic carbocycles. The molecular formula is C26H29FN4O3. The summed E-state index contributed by atoms with van der Waals surface area (Å²) in [5.41, 5.74) is 1.31. The lowest BCUT2D eigenvalue weighted by atomic mass is 10.1. The van der Waals surface area contributed by atoms with E-state index in [0.717, 1.165) is 13.1 Å². The van der Waals surface area contributed by atoms with Crippen LogP contribution in [-0.2, 0) is 6.54 Å². The number of amides is 1. The summed E-state index contributed by atoms with van der Waals surface area (Å²) in [7, 11) is 0. The summed E-state index contributed by atoms with van der Waals surface area (Å²) in [6.45, 7) is 8.88. The fourth-order valence-electron chi connectivity index (χ4n) is 4.34. The van der Waals surface area contributed by atoms with Crippen molar-refractivity contribution >= 4 is 16.8 Å². The Hall–Kier alpha value is -3.52. The Bertz CT molecular complexity index is 1370. The van der Waals surface area contributed by atoms with Crippen molar-refractivity contribution in [3.05, 3.63) is 91.9 Å². The number of fused-ring (bicyclic) bond motifs is 1. The molecule has 0 radical (unpaired) electrons. The summed E-state index contributed by atoms with van der Waals surface area (Å²) >= 11 is 0. The normalized spacial score (nSPS) is 16.6. The number of para-hydroxylation sites is 1. The number of H-pyrrole nitrogens is 1. The number of allylic oxidation sites excluding steroid dienone is 1. The standard InChI is InChI=1S/C26H29FN4O3/c1-17(2)10-11-29-12-13-30(15-18(29)3)25(33)21-14-19(8-9-22(21)27)16-31-23-7-5-4-6-20(23)24(32)28-26(31)34/h4-10,14,18H,11-13,15-16H2,1-3H3,(H,28,32,34)/t18-/m1/s1. The van der Waals surface area contributed by atoms with Gasteiger partial charge in [0.2, 0.25) is 0 Å². The van der Waals surface area contributed by atoms with Crippen LogP contribution in [0.25, 0.3) is 10.9 Å². The molecule has 0 unspecified atom stereocenters. The first-order valence-corrected chi connectivity index (χ1v) is 11.4. The molecule has 1 saturated heterocycles. The zero-order valence-electron chi connectivity index (χ0n) is 19.7. The quantitative estimate of drug-likeness (QED) is 0.589. The number of rotatable bonds is 5. The molecule has 0 bridgehead atoms. The van der Waals surface area contributed by atoms with E-state index in [1.807, 2.05) is 0 Å². The van der Waals surface area contributed by atoms with Gasteiger partial charge >= 0.3 is 5.69 Å². The summed E-state index contributed by atoms with van der Waals surface area (Å²) in [5, 5.41) is 0.389. The molecule has 0 saturated carbocycles. The van der Waals surface area contributed by atoms with Gasteiger partial charge in [0.05, 0.1) is 23.0 Å². The van der Waals surface area contributed by atoms with E-state index < -0.39 is 17.1 Å². The van der Waals surface area contributed by atoms with Crippen LogP contribution in [0, 0.1) is 5.82 Å². The number of piperazine rings is 1. The Balaban J connectivity index is 1.58. The van der Waals surface area contributed by atoms with E-state index in [-0.39, 0.29) is 24.1 Å². The number of benzene rings is 2. The fourth-order valence-corrected chi connectivity index (χ4v) is 4.34. The highest BCUT2D eigenvalue weighted by atomic mass is 19.1. The van der Waals surface area contributed by atoms with E-state index in [0.29, 0.717) is 29.6 Å². The third-order valence-corrected chi connectivity index (χ3v) is 6.29. The van der Waals surface area contributed by atoms with Crippen molar-refractivity contribution in [1.29, 1.82) is 0 Å². The third kappa shape index (κ3) is 4.87. The van der Waals surface area contributed by atoms with Gasteiger partial charge in [0.15, 0.2) is 0 Å². The lowest BCUT2D eigenvalue weighted by Crippen LogP contribution is -2.53. The molecule has 34 heavy (non-hydrogen) atoms. The van der Waals surface area contributed by atoms with Gasteiger partial charge in [0.25, 0.3) is 11.5 Å². The summed E-state index contributed by atoms with van der Waals surface area (Å²) in [6.07, 6.45) is 2.17. The van der Waals surface area contributed by atoms with Gasteiger partial charge in [-0.25, -0.2) is 9.18 Å². The summed E-state index contributed by atoms with van der Waals surface area (Å²) < 4.78 is 16.1. The minimum absolute atomic E-state index is 0.00997. The van der Waals surface area contributed by atoms with E-state index in [2.05, 4.69) is 36.7 Å². The monoisotopic (exact) mass is 464 g/mol. The van der Waals surface area contributed by atoms with Crippen LogP contribution in [0.2, 0.25) is 0 Å². The maximum atomic E-state index is 14.7. The molecule has 8 heteroatoms. The molecule has 0 spiro atoms. The molecule has 2 aromatic carbocycles. The molecule has 2 heterocycles. The Morgan fingerprint density at radius 3 is 2.65 bits per heavy atom. The lowest BCUT2D eigenvalue weighted by Gasteiger charge is -2.39. The molecule has 1 atom stereocenters. The Kier molecular flexibility index (Phi) is 6.79. The highest BCUT2D eigenvalue weighted by Gasteiger charge is 2.28. The average Bonchev–Trinajstić information content (AvgIpc) is 2.81. The van der Waals surface area contributed by atoms with E-state index in [1.165, 1.54) is 22.3 Å². The maximum Gasteiger partial charge on any atom is 0.329 e. The number of aromatic amines is 1. The van der Waals surface area contributed by atoms with Crippen molar-refractivity contribution in [2.24, 2.45) is 0 Å². The number of carbonyl (C=O) groups is 1. The molecule has 1 aliphatic rings. The van der Waals surface area contributed by atoms with Crippen LogP contribution in [0.1, 0.15) is 36.7 Å². The van der Waals surface area contributed by atoms with E-state index in [1.54, 1.807) is 35.2 Å². The molecule has 1 aliphatic heterocycles. The topological polar surface area (TPSA) is 78.4 Å². The zero-order chi connectivity index (χ0) is 24.4. The molecule has 7 nitrogen and oxygen atoms in total. The number of hydrogen-bond acceptors (Lipinski definition) is 4. The largest absolute Gasteiger partial charge is 0.336 e. The number of aromatic nitrogens is 2. The van der Waals surface area contributed by atoms with Crippen LogP contribution in [0.5, 0.6) is 0 Å². The molecule has 1 amide bonds. The van der Waals surface area contributed by atoms with Gasteiger partial charge in [-0.05, 0) is 50.6 Å². The van der Waals surface area contributed by atoms with Gasteiger partial charge in [0.1, 0.15) is 5.82 Å². The Labute approximate surface area is 197 Å². The number of halogens is 1. The fraction of sp³-hybridized carbons (Fsp3) is 0.346. The average molecular weight is 465 g/mol. The summed E-state index contributed by atoms with van der Waals surface area (Å²) in [5.74, 6) is -0.946. The van der Waals surface area contributed by atoms with Crippen molar-refractivity contribution in [2.75, 3.05) is 26.2 Å². The number of nitrogens with one attached hydrogen (secondary N) is 1. The van der Waals surface area contributed by atoms with Gasteiger partial charge < -0.3 is 4.90 Å². The van der Waals surface area contributed by atoms with Crippen LogP contribution in [0.4, 0.5) is 4.39 Å². The Morgan fingerprint density at radius 2 is 1.91 bits per heavy atom. The summed E-state index contributed by atoms with van der Waals surface area (Å²) in [6, 6.07) is 11.3. The number of nitrogens with zero attached hydrogens (tertiary/aromatic N) is 3. The van der Waals surface area contributed by atoms with Crippen molar-refractivity contribution in [2.45, 2.75) is 33.4 Å². The van der Waals surface area contributed by atoms with E-state index in [4.69, 9.17) is 0 Å². The SMILES string of the molecule is CC(C)=CCN1CCN(C(=O)c2cc(Cn3c(=O)[nH]c(=O)c4ccccc43)ccc2F)C[C@H]1C. The van der Waals surface area contributed by atoms with E-state index >= 15 is 0 Å². The lowest BCUT2D eigenvalue weighted by molar-refractivity contribution is 0.0538.